The number of rotatable bonds is 5. The molecule has 0 spiro atoms. The molecule has 2 aliphatic heterocycles. The van der Waals surface area contributed by atoms with E-state index in [9.17, 15) is 13.2 Å². The third-order valence-corrected chi connectivity index (χ3v) is 7.39. The maximum Gasteiger partial charge on any atom is 0.225 e. The van der Waals surface area contributed by atoms with Crippen molar-refractivity contribution in [3.63, 3.8) is 0 Å². The lowest BCUT2D eigenvalue weighted by Crippen LogP contribution is -2.46. The van der Waals surface area contributed by atoms with Crippen LogP contribution in [0.1, 0.15) is 32.6 Å². The second kappa shape index (κ2) is 8.53. The topological polar surface area (TPSA) is 57.7 Å². The maximum absolute atomic E-state index is 12.7. The molecule has 1 unspecified atom stereocenters. The third-order valence-electron chi connectivity index (χ3n) is 5.68. The first-order valence-corrected chi connectivity index (χ1v) is 11.4. The van der Waals surface area contributed by atoms with Crippen molar-refractivity contribution in [2.24, 2.45) is 11.8 Å². The highest BCUT2D eigenvalue weighted by Crippen LogP contribution is 2.23. The summed E-state index contributed by atoms with van der Waals surface area (Å²) in [6.45, 7) is 6.18. The molecule has 1 aromatic carbocycles. The zero-order valence-corrected chi connectivity index (χ0v) is 16.5. The molecule has 0 N–H and O–H groups in total. The quantitative estimate of drug-likeness (QED) is 0.790. The molecular weight excluding hydrogens is 348 g/mol. The summed E-state index contributed by atoms with van der Waals surface area (Å²) in [5, 5.41) is 0. The number of amides is 1. The normalized spacial score (nSPS) is 23.1. The summed E-state index contributed by atoms with van der Waals surface area (Å²) >= 11 is 0. The van der Waals surface area contributed by atoms with Crippen molar-refractivity contribution in [2.75, 3.05) is 38.5 Å². The summed E-state index contributed by atoms with van der Waals surface area (Å²) in [6, 6.07) is 8.64. The van der Waals surface area contributed by atoms with Crippen LogP contribution in [-0.4, -0.2) is 62.6 Å². The van der Waals surface area contributed by atoms with Gasteiger partial charge in [-0.15, -0.1) is 0 Å². The first-order valence-electron chi connectivity index (χ1n) is 9.74. The first-order chi connectivity index (χ1) is 12.5. The van der Waals surface area contributed by atoms with Crippen molar-refractivity contribution in [1.82, 2.24) is 9.80 Å². The summed E-state index contributed by atoms with van der Waals surface area (Å²) in [5.41, 5.74) is 0. The van der Waals surface area contributed by atoms with Crippen LogP contribution >= 0.6 is 0 Å². The van der Waals surface area contributed by atoms with Crippen molar-refractivity contribution in [1.29, 1.82) is 0 Å². The Hall–Kier alpha value is -1.40. The van der Waals surface area contributed by atoms with Gasteiger partial charge in [0.25, 0.3) is 0 Å². The van der Waals surface area contributed by atoms with Crippen LogP contribution < -0.4 is 0 Å². The van der Waals surface area contributed by atoms with Gasteiger partial charge in [0.1, 0.15) is 0 Å². The molecule has 1 aromatic rings. The highest BCUT2D eigenvalue weighted by Gasteiger charge is 2.30. The molecule has 0 radical (unpaired) electrons. The lowest BCUT2D eigenvalue weighted by Gasteiger charge is -2.37. The minimum Gasteiger partial charge on any atom is -0.342 e. The van der Waals surface area contributed by atoms with Crippen LogP contribution in [0.15, 0.2) is 35.2 Å². The zero-order chi connectivity index (χ0) is 18.6. The fourth-order valence-corrected chi connectivity index (χ4v) is 5.35. The van der Waals surface area contributed by atoms with E-state index in [1.165, 1.54) is 6.42 Å². The standard InChI is InChI=1S/C20H30N2O3S/c1-17-6-5-11-22(16-17)20(23)18-9-12-21(13-10-18)14-15-26(24,25)19-7-3-2-4-8-19/h2-4,7-8,17-18H,5-6,9-16H2,1H3. The van der Waals surface area contributed by atoms with Crippen LogP contribution in [0.5, 0.6) is 0 Å². The summed E-state index contributed by atoms with van der Waals surface area (Å²) < 4.78 is 24.8. The Bertz CT molecular complexity index is 697. The average molecular weight is 379 g/mol. The number of carbonyl (C=O) groups is 1. The number of sulfone groups is 1. The molecule has 2 aliphatic rings. The molecule has 1 amide bonds. The molecule has 2 heterocycles. The molecule has 2 fully saturated rings. The van der Waals surface area contributed by atoms with Gasteiger partial charge in [-0.2, -0.15) is 0 Å². The highest BCUT2D eigenvalue weighted by atomic mass is 32.2. The van der Waals surface area contributed by atoms with Crippen molar-refractivity contribution < 1.29 is 13.2 Å². The van der Waals surface area contributed by atoms with E-state index in [2.05, 4.69) is 11.8 Å². The minimum absolute atomic E-state index is 0.113. The van der Waals surface area contributed by atoms with Gasteiger partial charge in [-0.1, -0.05) is 25.1 Å². The van der Waals surface area contributed by atoms with Gasteiger partial charge in [0.05, 0.1) is 10.6 Å². The van der Waals surface area contributed by atoms with Gasteiger partial charge in [-0.3, -0.25) is 4.79 Å². The molecule has 1 atom stereocenters. The Labute approximate surface area is 157 Å². The van der Waals surface area contributed by atoms with Crippen LogP contribution in [-0.2, 0) is 14.6 Å². The molecule has 144 valence electrons. The third kappa shape index (κ3) is 4.86. The van der Waals surface area contributed by atoms with Crippen molar-refractivity contribution in [2.45, 2.75) is 37.5 Å². The van der Waals surface area contributed by atoms with Gasteiger partial charge in [-0.25, -0.2) is 8.42 Å². The largest absolute Gasteiger partial charge is 0.342 e. The van der Waals surface area contributed by atoms with Crippen molar-refractivity contribution in [3.05, 3.63) is 30.3 Å². The van der Waals surface area contributed by atoms with Gasteiger partial charge in [0, 0.05) is 25.6 Å². The molecule has 0 saturated carbocycles. The summed E-state index contributed by atoms with van der Waals surface area (Å²) in [5.74, 6) is 1.17. The van der Waals surface area contributed by atoms with Gasteiger partial charge in [0.2, 0.25) is 5.91 Å². The predicted molar refractivity (Wildman–Crippen MR) is 103 cm³/mol. The van der Waals surface area contributed by atoms with E-state index in [0.717, 1.165) is 45.4 Å². The number of hydrogen-bond acceptors (Lipinski definition) is 4. The Morgan fingerprint density at radius 2 is 1.77 bits per heavy atom. The number of piperidine rings is 2. The van der Waals surface area contributed by atoms with Crippen LogP contribution in [0, 0.1) is 11.8 Å². The summed E-state index contributed by atoms with van der Waals surface area (Å²) in [6.07, 6.45) is 4.02. The minimum atomic E-state index is -3.23. The molecule has 2 saturated heterocycles. The lowest BCUT2D eigenvalue weighted by molar-refractivity contribution is -0.138. The van der Waals surface area contributed by atoms with Crippen LogP contribution in [0.4, 0.5) is 0 Å². The smallest absolute Gasteiger partial charge is 0.225 e. The van der Waals surface area contributed by atoms with Gasteiger partial charge in [-0.05, 0) is 56.8 Å². The van der Waals surface area contributed by atoms with Gasteiger partial charge < -0.3 is 9.80 Å². The predicted octanol–water partition coefficient (Wildman–Crippen LogP) is 2.43. The number of likely N-dealkylation sites (tertiary alicyclic amines) is 2. The molecule has 6 heteroatoms. The second-order valence-corrected chi connectivity index (χ2v) is 9.89. The maximum atomic E-state index is 12.7. The molecule has 0 aromatic heterocycles. The number of nitrogens with zero attached hydrogens (tertiary/aromatic N) is 2. The van der Waals surface area contributed by atoms with Crippen LogP contribution in [0.25, 0.3) is 0 Å². The lowest BCUT2D eigenvalue weighted by atomic mass is 9.93. The molecule has 0 aliphatic carbocycles. The van der Waals surface area contributed by atoms with Crippen LogP contribution in [0.3, 0.4) is 0 Å². The molecule has 0 bridgehead atoms. The second-order valence-electron chi connectivity index (χ2n) is 7.78. The monoisotopic (exact) mass is 378 g/mol. The van der Waals surface area contributed by atoms with Crippen molar-refractivity contribution in [3.8, 4) is 0 Å². The molecule has 3 rings (SSSR count). The van der Waals surface area contributed by atoms with Crippen LogP contribution in [0.2, 0.25) is 0 Å². The van der Waals surface area contributed by atoms with E-state index in [4.69, 9.17) is 0 Å². The van der Waals surface area contributed by atoms with E-state index in [1.54, 1.807) is 24.3 Å². The Morgan fingerprint density at radius 1 is 1.08 bits per heavy atom. The highest BCUT2D eigenvalue weighted by molar-refractivity contribution is 7.91. The Kier molecular flexibility index (Phi) is 6.35. The average Bonchev–Trinajstić information content (AvgIpc) is 2.67. The summed E-state index contributed by atoms with van der Waals surface area (Å²) in [7, 11) is -3.23. The number of carbonyl (C=O) groups excluding carboxylic acids is 1. The molecular formula is C20H30N2O3S. The van der Waals surface area contributed by atoms with Gasteiger partial charge >= 0.3 is 0 Å². The van der Waals surface area contributed by atoms with E-state index >= 15 is 0 Å². The fraction of sp³-hybridized carbons (Fsp3) is 0.650. The summed E-state index contributed by atoms with van der Waals surface area (Å²) in [4.78, 5) is 17.3. The number of benzene rings is 1. The Balaban J connectivity index is 1.46. The van der Waals surface area contributed by atoms with Crippen molar-refractivity contribution >= 4 is 15.7 Å². The SMILES string of the molecule is CC1CCCN(C(=O)C2CCN(CCS(=O)(=O)c3ccccc3)CC2)C1. The molecule has 26 heavy (non-hydrogen) atoms. The van der Waals surface area contributed by atoms with E-state index in [1.807, 2.05) is 11.0 Å². The van der Waals surface area contributed by atoms with E-state index < -0.39 is 9.84 Å². The first kappa shape index (κ1) is 19.4. The van der Waals surface area contributed by atoms with E-state index in [-0.39, 0.29) is 11.7 Å². The zero-order valence-electron chi connectivity index (χ0n) is 15.6. The van der Waals surface area contributed by atoms with Gasteiger partial charge in [0.15, 0.2) is 9.84 Å². The van der Waals surface area contributed by atoms with E-state index in [0.29, 0.717) is 23.3 Å². The number of hydrogen-bond donors (Lipinski definition) is 0. The molecule has 5 nitrogen and oxygen atoms in total. The fourth-order valence-electron chi connectivity index (χ4n) is 4.05. The Morgan fingerprint density at radius 3 is 2.42 bits per heavy atom.